The van der Waals surface area contributed by atoms with E-state index >= 15 is 0 Å². The third kappa shape index (κ3) is 3.69. The van der Waals surface area contributed by atoms with Gasteiger partial charge in [-0.3, -0.25) is 4.68 Å². The molecule has 2 aromatic rings. The molecule has 0 saturated heterocycles. The number of nitrogens with one attached hydrogen (secondary N) is 1. The van der Waals surface area contributed by atoms with Crippen LogP contribution >= 0.6 is 0 Å². The summed E-state index contributed by atoms with van der Waals surface area (Å²) in [6, 6.07) is 2.11. The van der Waals surface area contributed by atoms with Crippen LogP contribution < -0.4 is 10.1 Å². The molecule has 0 aliphatic heterocycles. The van der Waals surface area contributed by atoms with E-state index < -0.39 is 0 Å². The van der Waals surface area contributed by atoms with Crippen molar-refractivity contribution in [2.45, 2.75) is 40.2 Å². The number of aromatic nitrogens is 4. The van der Waals surface area contributed by atoms with Gasteiger partial charge in [0.15, 0.2) is 5.75 Å². The minimum Gasteiger partial charge on any atom is -0.436 e. The Kier molecular flexibility index (Phi) is 4.55. The molecule has 0 aromatic carbocycles. The van der Waals surface area contributed by atoms with Gasteiger partial charge < -0.3 is 10.1 Å². The molecule has 0 unspecified atom stereocenters. The number of nitrogens with zero attached hydrogens (tertiary/aromatic N) is 4. The zero-order chi connectivity index (χ0) is 14.5. The summed E-state index contributed by atoms with van der Waals surface area (Å²) in [5.41, 5.74) is 0. The molecule has 2 heterocycles. The average molecular weight is 275 g/mol. The Hall–Kier alpha value is -2.11. The van der Waals surface area contributed by atoms with Crippen LogP contribution in [0, 0.1) is 6.92 Å². The summed E-state index contributed by atoms with van der Waals surface area (Å²) in [5.74, 6) is 2.67. The molecule has 108 valence electrons. The number of aryl methyl sites for hydroxylation is 1. The Balaban J connectivity index is 2.13. The Morgan fingerprint density at radius 1 is 1.35 bits per heavy atom. The summed E-state index contributed by atoms with van der Waals surface area (Å²) in [4.78, 5) is 8.60. The van der Waals surface area contributed by atoms with Gasteiger partial charge in [0.2, 0.25) is 5.88 Å². The van der Waals surface area contributed by atoms with Crippen LogP contribution in [0.5, 0.6) is 11.6 Å². The molecule has 1 N–H and O–H groups in total. The van der Waals surface area contributed by atoms with E-state index in [-0.39, 0.29) is 0 Å². The van der Waals surface area contributed by atoms with Gasteiger partial charge in [0.1, 0.15) is 11.6 Å². The summed E-state index contributed by atoms with van der Waals surface area (Å²) >= 11 is 0. The van der Waals surface area contributed by atoms with E-state index in [0.717, 1.165) is 18.8 Å². The second kappa shape index (κ2) is 6.36. The number of hydrogen-bond donors (Lipinski definition) is 1. The Morgan fingerprint density at radius 2 is 2.15 bits per heavy atom. The van der Waals surface area contributed by atoms with Crippen LogP contribution in [0.2, 0.25) is 0 Å². The zero-order valence-electron chi connectivity index (χ0n) is 12.4. The summed E-state index contributed by atoms with van der Waals surface area (Å²) in [7, 11) is 0. The van der Waals surface area contributed by atoms with Gasteiger partial charge in [0.25, 0.3) is 0 Å². The molecule has 0 spiro atoms. The third-order valence-electron chi connectivity index (χ3n) is 2.70. The topological polar surface area (TPSA) is 64.9 Å². The fourth-order valence-corrected chi connectivity index (χ4v) is 1.71. The molecule has 0 fully saturated rings. The number of anilines is 1. The van der Waals surface area contributed by atoms with E-state index in [1.807, 2.05) is 17.8 Å². The lowest BCUT2D eigenvalue weighted by Crippen LogP contribution is -2.04. The Morgan fingerprint density at radius 3 is 2.80 bits per heavy atom. The van der Waals surface area contributed by atoms with Crippen molar-refractivity contribution in [3.8, 4) is 11.6 Å². The third-order valence-corrected chi connectivity index (χ3v) is 2.70. The van der Waals surface area contributed by atoms with Crippen LogP contribution in [0.4, 0.5) is 5.82 Å². The molecular formula is C14H21N5O. The van der Waals surface area contributed by atoms with Crippen LogP contribution in [0.3, 0.4) is 0 Å². The minimum atomic E-state index is 0.307. The molecule has 2 rings (SSSR count). The minimum absolute atomic E-state index is 0.307. The predicted octanol–water partition coefficient (Wildman–Crippen LogP) is 3.18. The largest absolute Gasteiger partial charge is 0.436 e. The highest BCUT2D eigenvalue weighted by molar-refractivity contribution is 5.39. The fraction of sp³-hybridized carbons (Fsp3) is 0.500. The fourth-order valence-electron chi connectivity index (χ4n) is 1.71. The van der Waals surface area contributed by atoms with Crippen molar-refractivity contribution in [1.29, 1.82) is 0 Å². The number of ether oxygens (including phenoxy) is 1. The van der Waals surface area contributed by atoms with Crippen molar-refractivity contribution in [3.63, 3.8) is 0 Å². The molecule has 6 nitrogen and oxygen atoms in total. The van der Waals surface area contributed by atoms with E-state index in [9.17, 15) is 0 Å². The van der Waals surface area contributed by atoms with Crippen molar-refractivity contribution in [2.24, 2.45) is 0 Å². The van der Waals surface area contributed by atoms with Gasteiger partial charge in [-0.1, -0.05) is 6.92 Å². The van der Waals surface area contributed by atoms with E-state index in [4.69, 9.17) is 4.74 Å². The SMILES string of the molecule is CCCNc1cc(Oc2cnn(C(C)C)c2)nc(C)n1. The molecule has 6 heteroatoms. The van der Waals surface area contributed by atoms with Crippen molar-refractivity contribution in [2.75, 3.05) is 11.9 Å². The monoisotopic (exact) mass is 275 g/mol. The highest BCUT2D eigenvalue weighted by Gasteiger charge is 2.07. The van der Waals surface area contributed by atoms with Crippen molar-refractivity contribution in [3.05, 3.63) is 24.3 Å². The van der Waals surface area contributed by atoms with Crippen LogP contribution in [-0.4, -0.2) is 26.3 Å². The molecule has 0 radical (unpaired) electrons. The van der Waals surface area contributed by atoms with E-state index in [1.165, 1.54) is 0 Å². The van der Waals surface area contributed by atoms with Crippen LogP contribution in [0.25, 0.3) is 0 Å². The summed E-state index contributed by atoms with van der Waals surface area (Å²) < 4.78 is 7.58. The molecule has 0 aliphatic carbocycles. The first-order valence-electron chi connectivity index (χ1n) is 6.90. The molecule has 0 atom stereocenters. The molecule has 0 amide bonds. The molecule has 2 aromatic heterocycles. The maximum absolute atomic E-state index is 5.74. The van der Waals surface area contributed by atoms with Crippen LogP contribution in [0.15, 0.2) is 18.5 Å². The van der Waals surface area contributed by atoms with Gasteiger partial charge in [-0.15, -0.1) is 0 Å². The molecule has 20 heavy (non-hydrogen) atoms. The second-order valence-corrected chi connectivity index (χ2v) is 4.92. The summed E-state index contributed by atoms with van der Waals surface area (Å²) in [6.07, 6.45) is 4.60. The quantitative estimate of drug-likeness (QED) is 0.877. The Bertz CT molecular complexity index is 564. The normalized spacial score (nSPS) is 10.8. The van der Waals surface area contributed by atoms with E-state index in [1.54, 1.807) is 12.3 Å². The highest BCUT2D eigenvalue weighted by atomic mass is 16.5. The first-order chi connectivity index (χ1) is 9.58. The van der Waals surface area contributed by atoms with Gasteiger partial charge in [-0.25, -0.2) is 4.98 Å². The van der Waals surface area contributed by atoms with E-state index in [0.29, 0.717) is 23.5 Å². The molecule has 0 aliphatic rings. The zero-order valence-corrected chi connectivity index (χ0v) is 12.4. The standard InChI is InChI=1S/C14H21N5O/c1-5-6-15-13-7-14(18-11(4)17-13)20-12-8-16-19(9-12)10(2)3/h7-10H,5-6H2,1-4H3,(H,15,17,18). The van der Waals surface area contributed by atoms with E-state index in [2.05, 4.69) is 41.2 Å². The average Bonchev–Trinajstić information content (AvgIpc) is 2.84. The lowest BCUT2D eigenvalue weighted by atomic mass is 10.4. The van der Waals surface area contributed by atoms with Crippen molar-refractivity contribution < 1.29 is 4.74 Å². The van der Waals surface area contributed by atoms with Crippen molar-refractivity contribution >= 4 is 5.82 Å². The maximum atomic E-state index is 5.74. The predicted molar refractivity (Wildman–Crippen MR) is 78.2 cm³/mol. The highest BCUT2D eigenvalue weighted by Crippen LogP contribution is 2.22. The van der Waals surface area contributed by atoms with Gasteiger partial charge in [0.05, 0.1) is 12.4 Å². The summed E-state index contributed by atoms with van der Waals surface area (Å²) in [5, 5.41) is 7.47. The van der Waals surface area contributed by atoms with Crippen LogP contribution in [-0.2, 0) is 0 Å². The number of rotatable bonds is 6. The maximum Gasteiger partial charge on any atom is 0.224 e. The first-order valence-corrected chi connectivity index (χ1v) is 6.90. The smallest absolute Gasteiger partial charge is 0.224 e. The second-order valence-electron chi connectivity index (χ2n) is 4.92. The van der Waals surface area contributed by atoms with Crippen molar-refractivity contribution in [1.82, 2.24) is 19.7 Å². The molecule has 0 bridgehead atoms. The number of hydrogen-bond acceptors (Lipinski definition) is 5. The molecular weight excluding hydrogens is 254 g/mol. The Labute approximate surface area is 119 Å². The van der Waals surface area contributed by atoms with Crippen LogP contribution in [0.1, 0.15) is 39.1 Å². The van der Waals surface area contributed by atoms with Gasteiger partial charge in [-0.2, -0.15) is 10.1 Å². The van der Waals surface area contributed by atoms with Gasteiger partial charge >= 0.3 is 0 Å². The van der Waals surface area contributed by atoms with Gasteiger partial charge in [-0.05, 0) is 27.2 Å². The first kappa shape index (κ1) is 14.3. The summed E-state index contributed by atoms with van der Waals surface area (Å²) in [6.45, 7) is 8.97. The lowest BCUT2D eigenvalue weighted by Gasteiger charge is -2.08. The molecule has 0 saturated carbocycles. The van der Waals surface area contributed by atoms with Gasteiger partial charge in [0, 0.05) is 18.7 Å². The lowest BCUT2D eigenvalue weighted by molar-refractivity contribution is 0.456.